The molecule has 0 amide bonds. The molecular weight excluding hydrogens is 509 g/mol. The molecule has 0 spiro atoms. The summed E-state index contributed by atoms with van der Waals surface area (Å²) in [5, 5.41) is 8.96. The first-order valence-electron chi connectivity index (χ1n) is 11.2. The Hall–Kier alpha value is -0.626. The van der Waals surface area contributed by atoms with Gasteiger partial charge in [0, 0.05) is 0 Å². The predicted octanol–water partition coefficient (Wildman–Crippen LogP) is 5.55. The minimum absolute atomic E-state index is 0.145. The molecule has 1 aliphatic heterocycles. The van der Waals surface area contributed by atoms with E-state index in [1.165, 1.54) is 24.3 Å². The van der Waals surface area contributed by atoms with Crippen molar-refractivity contribution in [3.8, 4) is 5.75 Å². The van der Waals surface area contributed by atoms with Gasteiger partial charge in [0.25, 0.3) is 0 Å². The van der Waals surface area contributed by atoms with Gasteiger partial charge in [-0.1, -0.05) is 6.92 Å². The van der Waals surface area contributed by atoms with Gasteiger partial charge in [-0.25, -0.2) is 4.79 Å². The van der Waals surface area contributed by atoms with Crippen molar-refractivity contribution >= 4 is 48.8 Å². The Labute approximate surface area is 204 Å². The Balaban J connectivity index is 0.000000361. The van der Waals surface area contributed by atoms with E-state index in [9.17, 15) is 4.79 Å². The number of hydrogen-bond donors (Lipinski definition) is 1. The summed E-state index contributed by atoms with van der Waals surface area (Å²) in [6, 6.07) is 5.99. The highest BCUT2D eigenvalue weighted by atomic mass is 28.5. The van der Waals surface area contributed by atoms with Gasteiger partial charge in [-0.2, -0.15) is 0 Å². The predicted molar refractivity (Wildman–Crippen MR) is 142 cm³/mol. The van der Waals surface area contributed by atoms with Crippen LogP contribution in [0.3, 0.4) is 0 Å². The first-order chi connectivity index (χ1) is 14.8. The van der Waals surface area contributed by atoms with Crippen LogP contribution in [0.4, 0.5) is 0 Å². The van der Waals surface area contributed by atoms with Gasteiger partial charge in [0.1, 0.15) is 5.75 Å². The molecule has 1 saturated heterocycles. The molecule has 1 aromatic rings. The lowest BCUT2D eigenvalue weighted by Crippen LogP contribution is -2.64. The van der Waals surface area contributed by atoms with Gasteiger partial charge >= 0.3 is 48.8 Å². The average Bonchev–Trinajstić information content (AvgIpc) is 2.54. The standard InChI is InChI=1S/C10H30O5Si5.C10H12O3/c1-16(2)11-17(3,4)13-19(7,8)15-20(9,10)14-18(5,6)12-16;1-2-7-13-10(12)8-3-5-9(11)6-4-8/h1-10H3;3-6,11H,2,7H2,1H3. The highest BCUT2D eigenvalue weighted by Crippen LogP contribution is 2.30. The van der Waals surface area contributed by atoms with Crippen LogP contribution in [0.2, 0.25) is 65.5 Å². The fourth-order valence-electron chi connectivity index (χ4n) is 3.94. The van der Waals surface area contributed by atoms with Gasteiger partial charge in [0.15, 0.2) is 0 Å². The van der Waals surface area contributed by atoms with Gasteiger partial charge in [0.2, 0.25) is 0 Å². The summed E-state index contributed by atoms with van der Waals surface area (Å²) in [7, 11) is -11.3. The lowest BCUT2D eigenvalue weighted by atomic mass is 10.2. The molecule has 1 aliphatic rings. The number of carbonyl (C=O) groups excluding carboxylic acids is 1. The number of phenols is 1. The van der Waals surface area contributed by atoms with Gasteiger partial charge < -0.3 is 30.4 Å². The van der Waals surface area contributed by atoms with Crippen LogP contribution in [0.15, 0.2) is 24.3 Å². The molecular formula is C20H42O8Si5. The van der Waals surface area contributed by atoms with Crippen molar-refractivity contribution in [3.63, 3.8) is 0 Å². The molecule has 0 atom stereocenters. The van der Waals surface area contributed by atoms with Crippen LogP contribution < -0.4 is 0 Å². The van der Waals surface area contributed by atoms with Crippen LogP contribution >= 0.6 is 0 Å². The third-order valence-electron chi connectivity index (χ3n) is 4.00. The summed E-state index contributed by atoms with van der Waals surface area (Å²) in [6.07, 6.45) is 0.809. The third kappa shape index (κ3) is 12.1. The lowest BCUT2D eigenvalue weighted by molar-refractivity contribution is 0.0505. The highest BCUT2D eigenvalue weighted by molar-refractivity contribution is 6.92. The minimum Gasteiger partial charge on any atom is -0.508 e. The monoisotopic (exact) mass is 550 g/mol. The quantitative estimate of drug-likeness (QED) is 0.387. The molecule has 1 N–H and O–H groups in total. The normalized spacial score (nSPS) is 22.9. The van der Waals surface area contributed by atoms with Crippen LogP contribution in [0, 0.1) is 0 Å². The van der Waals surface area contributed by atoms with Gasteiger partial charge in [-0.3, -0.25) is 0 Å². The molecule has 1 aromatic carbocycles. The molecule has 1 heterocycles. The number of aromatic hydroxyl groups is 1. The van der Waals surface area contributed by atoms with Crippen molar-refractivity contribution in [3.05, 3.63) is 29.8 Å². The van der Waals surface area contributed by atoms with Gasteiger partial charge in [-0.15, -0.1) is 0 Å². The summed E-state index contributed by atoms with van der Waals surface area (Å²) >= 11 is 0. The number of carbonyl (C=O) groups is 1. The van der Waals surface area contributed by atoms with Crippen molar-refractivity contribution < 1.29 is 35.2 Å². The topological polar surface area (TPSA) is 92.7 Å². The van der Waals surface area contributed by atoms with Crippen LogP contribution in [-0.2, 0) is 25.3 Å². The Morgan fingerprint density at radius 1 is 0.697 bits per heavy atom. The molecule has 0 unspecified atom stereocenters. The van der Waals surface area contributed by atoms with Crippen molar-refractivity contribution in [2.24, 2.45) is 0 Å². The second-order valence-corrected chi connectivity index (χ2v) is 28.3. The summed E-state index contributed by atoms with van der Waals surface area (Å²) in [4.78, 5) is 11.2. The van der Waals surface area contributed by atoms with Crippen molar-refractivity contribution in [1.29, 1.82) is 0 Å². The van der Waals surface area contributed by atoms with Gasteiger partial charge in [-0.05, 0) is 96.2 Å². The van der Waals surface area contributed by atoms with Crippen LogP contribution in [0.1, 0.15) is 23.7 Å². The molecule has 0 saturated carbocycles. The van der Waals surface area contributed by atoms with Crippen molar-refractivity contribution in [1.82, 2.24) is 0 Å². The number of benzene rings is 1. The zero-order valence-corrected chi connectivity index (χ0v) is 27.0. The Bertz CT molecular complexity index is 680. The second-order valence-electron chi connectivity index (χ2n) is 10.2. The lowest BCUT2D eigenvalue weighted by Gasteiger charge is -2.46. The Morgan fingerprint density at radius 3 is 1.27 bits per heavy atom. The SMILES string of the molecule is CCCOC(=O)c1ccc(O)cc1.C[Si]1(C)O[Si](C)(C)O[Si](C)(C)O[Si](C)(C)O[Si](C)(C)O1. The Morgan fingerprint density at radius 2 is 1.00 bits per heavy atom. The van der Waals surface area contributed by atoms with E-state index in [4.69, 9.17) is 30.4 Å². The maximum absolute atomic E-state index is 11.2. The van der Waals surface area contributed by atoms with E-state index in [0.29, 0.717) is 12.2 Å². The number of esters is 1. The van der Waals surface area contributed by atoms with E-state index < -0.39 is 42.8 Å². The molecule has 1 fully saturated rings. The number of ether oxygens (including phenoxy) is 1. The summed E-state index contributed by atoms with van der Waals surface area (Å²) in [5.74, 6) is -0.200. The Kier molecular flexibility index (Phi) is 10.5. The third-order valence-corrected chi connectivity index (χ3v) is 23.7. The van der Waals surface area contributed by atoms with E-state index >= 15 is 0 Å². The fraction of sp³-hybridized carbons (Fsp3) is 0.650. The average molecular weight is 551 g/mol. The van der Waals surface area contributed by atoms with Gasteiger partial charge in [0.05, 0.1) is 12.2 Å². The van der Waals surface area contributed by atoms with E-state index in [-0.39, 0.29) is 11.7 Å². The smallest absolute Gasteiger partial charge is 0.338 e. The molecule has 190 valence electrons. The van der Waals surface area contributed by atoms with Crippen molar-refractivity contribution in [2.45, 2.75) is 78.8 Å². The van der Waals surface area contributed by atoms with Crippen LogP contribution in [0.25, 0.3) is 0 Å². The van der Waals surface area contributed by atoms with E-state index in [2.05, 4.69) is 65.5 Å². The highest BCUT2D eigenvalue weighted by Gasteiger charge is 2.50. The maximum Gasteiger partial charge on any atom is 0.338 e. The van der Waals surface area contributed by atoms with Crippen LogP contribution in [-0.4, -0.2) is 60.5 Å². The number of phenolic OH excluding ortho intramolecular Hbond substituents is 1. The summed E-state index contributed by atoms with van der Waals surface area (Å²) in [5.41, 5.74) is 0.464. The number of hydrogen-bond acceptors (Lipinski definition) is 8. The first kappa shape index (κ1) is 30.4. The molecule has 0 aliphatic carbocycles. The van der Waals surface area contributed by atoms with E-state index in [1.807, 2.05) is 6.92 Å². The minimum atomic E-state index is -2.26. The zero-order chi connectivity index (χ0) is 25.7. The number of rotatable bonds is 3. The molecule has 8 nitrogen and oxygen atoms in total. The molecule has 33 heavy (non-hydrogen) atoms. The molecule has 13 heteroatoms. The van der Waals surface area contributed by atoms with Crippen LogP contribution in [0.5, 0.6) is 5.75 Å². The first-order valence-corrected chi connectivity index (χ1v) is 25.3. The zero-order valence-electron chi connectivity index (χ0n) is 22.0. The van der Waals surface area contributed by atoms with E-state index in [0.717, 1.165) is 6.42 Å². The van der Waals surface area contributed by atoms with Crippen molar-refractivity contribution in [2.75, 3.05) is 6.61 Å². The summed E-state index contributed by atoms with van der Waals surface area (Å²) < 4.78 is 36.4. The molecule has 2 rings (SSSR count). The van der Waals surface area contributed by atoms with E-state index in [1.54, 1.807) is 0 Å². The molecule has 0 bridgehead atoms. The largest absolute Gasteiger partial charge is 0.508 e. The molecule has 0 radical (unpaired) electrons. The maximum atomic E-state index is 11.2. The second kappa shape index (κ2) is 11.4. The fourth-order valence-corrected chi connectivity index (χ4v) is 30.3. The molecule has 0 aromatic heterocycles. The summed E-state index contributed by atoms with van der Waals surface area (Å²) in [6.45, 7) is 23.1.